The maximum atomic E-state index is 12.8. The molecule has 3 rings (SSSR count). The first kappa shape index (κ1) is 15.6. The van der Waals surface area contributed by atoms with Gasteiger partial charge in [0.05, 0.1) is 19.8 Å². The molecule has 0 radical (unpaired) electrons. The number of benzene rings is 2. The molecule has 3 nitrogen and oxygen atoms in total. The van der Waals surface area contributed by atoms with Gasteiger partial charge in [-0.25, -0.2) is 0 Å². The Morgan fingerprint density at radius 3 is 2.35 bits per heavy atom. The maximum absolute atomic E-state index is 12.8. The van der Waals surface area contributed by atoms with Gasteiger partial charge in [0.25, 0.3) is 0 Å². The molecule has 0 fully saturated rings. The van der Waals surface area contributed by atoms with E-state index in [0.717, 1.165) is 11.3 Å². The Morgan fingerprint density at radius 2 is 1.74 bits per heavy atom. The molecule has 0 heterocycles. The smallest absolute Gasteiger partial charge is 0.167 e. The van der Waals surface area contributed by atoms with Crippen molar-refractivity contribution in [3.8, 4) is 11.5 Å². The van der Waals surface area contributed by atoms with Crippen molar-refractivity contribution in [1.82, 2.24) is 0 Å². The zero-order valence-corrected chi connectivity index (χ0v) is 14.1. The Hall–Kier alpha value is -2.29. The van der Waals surface area contributed by atoms with Gasteiger partial charge in [0.2, 0.25) is 0 Å². The Bertz CT molecular complexity index is 732. The lowest BCUT2D eigenvalue weighted by Crippen LogP contribution is -2.35. The summed E-state index contributed by atoms with van der Waals surface area (Å²) >= 11 is 0. The third kappa shape index (κ3) is 2.50. The van der Waals surface area contributed by atoms with Crippen molar-refractivity contribution < 1.29 is 14.3 Å². The third-order valence-corrected chi connectivity index (χ3v) is 4.97. The van der Waals surface area contributed by atoms with E-state index in [1.54, 1.807) is 20.3 Å². The number of methoxy groups -OCH3 is 2. The van der Waals surface area contributed by atoms with Crippen LogP contribution in [0.5, 0.6) is 11.5 Å². The molecule has 120 valence electrons. The number of ketones is 1. The van der Waals surface area contributed by atoms with Crippen molar-refractivity contribution in [3.63, 3.8) is 0 Å². The zero-order chi connectivity index (χ0) is 16.6. The van der Waals surface area contributed by atoms with E-state index in [1.807, 2.05) is 24.3 Å². The molecule has 1 aliphatic carbocycles. The van der Waals surface area contributed by atoms with Gasteiger partial charge >= 0.3 is 0 Å². The summed E-state index contributed by atoms with van der Waals surface area (Å²) in [6.07, 6.45) is 0.493. The molecule has 1 unspecified atom stereocenters. The standard InChI is InChI=1S/C20H22O3/c1-20(2)15(13-8-6-5-7-9-13)12-17(21)19-16(20)10-14(22-3)11-18(19)23-4/h5-11,15H,12H2,1-4H3. The Kier molecular flexibility index (Phi) is 3.88. The minimum atomic E-state index is -0.188. The van der Waals surface area contributed by atoms with Gasteiger partial charge in [-0.2, -0.15) is 0 Å². The van der Waals surface area contributed by atoms with E-state index >= 15 is 0 Å². The molecule has 2 aromatic rings. The van der Waals surface area contributed by atoms with Crippen LogP contribution in [0.2, 0.25) is 0 Å². The lowest BCUT2D eigenvalue weighted by molar-refractivity contribution is 0.0938. The van der Waals surface area contributed by atoms with Gasteiger partial charge in [0, 0.05) is 18.4 Å². The van der Waals surface area contributed by atoms with E-state index in [2.05, 4.69) is 26.0 Å². The molecule has 0 N–H and O–H groups in total. The van der Waals surface area contributed by atoms with Crippen molar-refractivity contribution in [3.05, 3.63) is 59.2 Å². The predicted molar refractivity (Wildman–Crippen MR) is 90.7 cm³/mol. The predicted octanol–water partition coefficient (Wildman–Crippen LogP) is 4.35. The summed E-state index contributed by atoms with van der Waals surface area (Å²) in [4.78, 5) is 12.8. The number of Topliss-reactive ketones (excluding diaryl/α,β-unsaturated/α-hetero) is 1. The fourth-order valence-electron chi connectivity index (χ4n) is 3.62. The number of hydrogen-bond acceptors (Lipinski definition) is 3. The van der Waals surface area contributed by atoms with Gasteiger partial charge in [0.15, 0.2) is 5.78 Å². The normalized spacial score (nSPS) is 19.1. The lowest BCUT2D eigenvalue weighted by Gasteiger charge is -2.40. The summed E-state index contributed by atoms with van der Waals surface area (Å²) < 4.78 is 10.9. The molecule has 0 aliphatic heterocycles. The van der Waals surface area contributed by atoms with Crippen molar-refractivity contribution in [2.24, 2.45) is 0 Å². The topological polar surface area (TPSA) is 35.5 Å². The number of ether oxygens (including phenoxy) is 2. The SMILES string of the molecule is COc1cc(OC)c2c(c1)C(C)(C)C(c1ccccc1)CC2=O. The van der Waals surface area contributed by atoms with E-state index in [0.29, 0.717) is 17.7 Å². The average Bonchev–Trinajstić information content (AvgIpc) is 2.57. The van der Waals surface area contributed by atoms with Crippen LogP contribution < -0.4 is 9.47 Å². The molecule has 23 heavy (non-hydrogen) atoms. The molecule has 0 saturated carbocycles. The summed E-state index contributed by atoms with van der Waals surface area (Å²) in [5.74, 6) is 1.59. The largest absolute Gasteiger partial charge is 0.497 e. The van der Waals surface area contributed by atoms with E-state index in [1.165, 1.54) is 5.56 Å². The van der Waals surface area contributed by atoms with Crippen LogP contribution in [-0.2, 0) is 5.41 Å². The molecular formula is C20H22O3. The fourth-order valence-corrected chi connectivity index (χ4v) is 3.62. The summed E-state index contributed by atoms with van der Waals surface area (Å²) in [7, 11) is 3.23. The molecular weight excluding hydrogens is 288 g/mol. The zero-order valence-electron chi connectivity index (χ0n) is 14.1. The molecule has 1 aliphatic rings. The van der Waals surface area contributed by atoms with Crippen molar-refractivity contribution in [1.29, 1.82) is 0 Å². The van der Waals surface area contributed by atoms with Crippen LogP contribution in [0.4, 0.5) is 0 Å². The van der Waals surface area contributed by atoms with Gasteiger partial charge in [-0.1, -0.05) is 44.2 Å². The maximum Gasteiger partial charge on any atom is 0.167 e. The van der Waals surface area contributed by atoms with Gasteiger partial charge in [-0.05, 0) is 22.6 Å². The van der Waals surface area contributed by atoms with Crippen molar-refractivity contribution in [2.45, 2.75) is 31.6 Å². The molecule has 0 spiro atoms. The van der Waals surface area contributed by atoms with E-state index in [4.69, 9.17) is 9.47 Å². The molecule has 1 atom stereocenters. The van der Waals surface area contributed by atoms with Gasteiger partial charge in [0.1, 0.15) is 11.5 Å². The third-order valence-electron chi connectivity index (χ3n) is 4.97. The quantitative estimate of drug-likeness (QED) is 0.845. The van der Waals surface area contributed by atoms with Crippen LogP contribution in [0, 0.1) is 0 Å². The summed E-state index contributed by atoms with van der Waals surface area (Å²) in [5.41, 5.74) is 2.70. The van der Waals surface area contributed by atoms with Crippen molar-refractivity contribution >= 4 is 5.78 Å². The highest BCUT2D eigenvalue weighted by Crippen LogP contribution is 2.49. The minimum Gasteiger partial charge on any atom is -0.497 e. The molecule has 0 bridgehead atoms. The van der Waals surface area contributed by atoms with Crippen LogP contribution in [0.15, 0.2) is 42.5 Å². The lowest BCUT2D eigenvalue weighted by atomic mass is 9.62. The highest BCUT2D eigenvalue weighted by atomic mass is 16.5. The van der Waals surface area contributed by atoms with Gasteiger partial charge < -0.3 is 9.47 Å². The monoisotopic (exact) mass is 310 g/mol. The second kappa shape index (κ2) is 5.73. The first-order valence-corrected chi connectivity index (χ1v) is 7.83. The summed E-state index contributed by atoms with van der Waals surface area (Å²) in [5, 5.41) is 0. The molecule has 0 amide bonds. The minimum absolute atomic E-state index is 0.132. The molecule has 2 aromatic carbocycles. The first-order valence-electron chi connectivity index (χ1n) is 7.83. The molecule has 3 heteroatoms. The fraction of sp³-hybridized carbons (Fsp3) is 0.350. The van der Waals surface area contributed by atoms with Crippen LogP contribution >= 0.6 is 0 Å². The van der Waals surface area contributed by atoms with E-state index in [9.17, 15) is 4.79 Å². The second-order valence-electron chi connectivity index (χ2n) is 6.56. The van der Waals surface area contributed by atoms with Crippen LogP contribution in [0.25, 0.3) is 0 Å². The molecule has 0 aromatic heterocycles. The highest BCUT2D eigenvalue weighted by Gasteiger charge is 2.42. The average molecular weight is 310 g/mol. The number of hydrogen-bond donors (Lipinski definition) is 0. The number of rotatable bonds is 3. The summed E-state index contributed by atoms with van der Waals surface area (Å²) in [6.45, 7) is 4.38. The summed E-state index contributed by atoms with van der Waals surface area (Å²) in [6, 6.07) is 14.0. The van der Waals surface area contributed by atoms with Crippen LogP contribution in [0.1, 0.15) is 47.7 Å². The Balaban J connectivity index is 2.20. The van der Waals surface area contributed by atoms with Gasteiger partial charge in [-0.3, -0.25) is 4.79 Å². The Labute approximate surface area is 137 Å². The highest BCUT2D eigenvalue weighted by molar-refractivity contribution is 6.02. The van der Waals surface area contributed by atoms with E-state index < -0.39 is 0 Å². The first-order chi connectivity index (χ1) is 11.0. The molecule has 0 saturated heterocycles. The van der Waals surface area contributed by atoms with Gasteiger partial charge in [-0.15, -0.1) is 0 Å². The van der Waals surface area contributed by atoms with Crippen LogP contribution in [0.3, 0.4) is 0 Å². The number of carbonyl (C=O) groups is 1. The Morgan fingerprint density at radius 1 is 1.04 bits per heavy atom. The van der Waals surface area contributed by atoms with Crippen molar-refractivity contribution in [2.75, 3.05) is 14.2 Å². The van der Waals surface area contributed by atoms with Crippen LogP contribution in [-0.4, -0.2) is 20.0 Å². The second-order valence-corrected chi connectivity index (χ2v) is 6.56. The number of carbonyl (C=O) groups excluding carboxylic acids is 1. The van der Waals surface area contributed by atoms with E-state index in [-0.39, 0.29) is 17.1 Å². The number of fused-ring (bicyclic) bond motifs is 1.